The van der Waals surface area contributed by atoms with Gasteiger partial charge in [0.25, 0.3) is 5.91 Å². The molecule has 2 N–H and O–H groups in total. The number of anilines is 3. The van der Waals surface area contributed by atoms with E-state index in [0.29, 0.717) is 27.7 Å². The van der Waals surface area contributed by atoms with Crippen molar-refractivity contribution in [1.82, 2.24) is 4.98 Å². The molecular formula is C21H20ClN3O3. The lowest BCUT2D eigenvalue weighted by Gasteiger charge is -2.13. The molecule has 3 aromatic rings. The summed E-state index contributed by atoms with van der Waals surface area (Å²) < 4.78 is 10.5. The van der Waals surface area contributed by atoms with Crippen LogP contribution in [0.5, 0.6) is 11.5 Å². The number of ether oxygens (including phenoxy) is 2. The molecule has 0 unspecified atom stereocenters. The zero-order chi connectivity index (χ0) is 20.1. The lowest BCUT2D eigenvalue weighted by molar-refractivity contribution is 0.102. The summed E-state index contributed by atoms with van der Waals surface area (Å²) >= 11 is 6.12. The number of hydrogen-bond acceptors (Lipinski definition) is 5. The van der Waals surface area contributed by atoms with Gasteiger partial charge in [0.2, 0.25) is 0 Å². The molecule has 1 heterocycles. The fourth-order valence-corrected chi connectivity index (χ4v) is 2.75. The monoisotopic (exact) mass is 397 g/mol. The number of nitrogens with one attached hydrogen (secondary N) is 2. The highest BCUT2D eigenvalue weighted by Crippen LogP contribution is 2.31. The molecule has 0 bridgehead atoms. The largest absolute Gasteiger partial charge is 0.497 e. The number of hydrogen-bond donors (Lipinski definition) is 2. The average molecular weight is 398 g/mol. The van der Waals surface area contributed by atoms with Gasteiger partial charge in [-0.15, -0.1) is 0 Å². The molecule has 144 valence electrons. The summed E-state index contributed by atoms with van der Waals surface area (Å²) in [6.45, 7) is 1.86. The number of carbonyl (C=O) groups is 1. The molecule has 0 saturated heterocycles. The molecule has 2 aromatic carbocycles. The van der Waals surface area contributed by atoms with Gasteiger partial charge in [-0.05, 0) is 48.9 Å². The second-order valence-electron chi connectivity index (χ2n) is 6.07. The third-order valence-electron chi connectivity index (χ3n) is 4.11. The molecule has 0 aliphatic carbocycles. The van der Waals surface area contributed by atoms with Crippen molar-refractivity contribution >= 4 is 34.6 Å². The lowest BCUT2D eigenvalue weighted by atomic mass is 10.2. The van der Waals surface area contributed by atoms with Crippen molar-refractivity contribution in [3.63, 3.8) is 0 Å². The number of halogens is 1. The van der Waals surface area contributed by atoms with Crippen LogP contribution in [0.2, 0.25) is 5.02 Å². The van der Waals surface area contributed by atoms with Crippen LogP contribution in [-0.4, -0.2) is 25.1 Å². The van der Waals surface area contributed by atoms with Crippen LogP contribution < -0.4 is 20.1 Å². The van der Waals surface area contributed by atoms with Crippen molar-refractivity contribution in [2.45, 2.75) is 6.92 Å². The minimum absolute atomic E-state index is 0.300. The summed E-state index contributed by atoms with van der Waals surface area (Å²) in [7, 11) is 3.14. The first-order chi connectivity index (χ1) is 13.5. The van der Waals surface area contributed by atoms with Crippen LogP contribution in [0.1, 0.15) is 15.9 Å². The van der Waals surface area contributed by atoms with Gasteiger partial charge in [0.15, 0.2) is 0 Å². The first-order valence-corrected chi connectivity index (χ1v) is 8.89. The molecule has 6 nitrogen and oxygen atoms in total. The van der Waals surface area contributed by atoms with Gasteiger partial charge in [-0.3, -0.25) is 9.78 Å². The van der Waals surface area contributed by atoms with Gasteiger partial charge in [-0.2, -0.15) is 0 Å². The highest BCUT2D eigenvalue weighted by atomic mass is 35.5. The Balaban J connectivity index is 1.78. The number of methoxy groups -OCH3 is 2. The van der Waals surface area contributed by atoms with E-state index < -0.39 is 0 Å². The Bertz CT molecular complexity index is 991. The van der Waals surface area contributed by atoms with E-state index in [1.165, 1.54) is 13.3 Å². The fraction of sp³-hybridized carbons (Fsp3) is 0.143. The topological polar surface area (TPSA) is 72.5 Å². The van der Waals surface area contributed by atoms with Crippen LogP contribution >= 0.6 is 11.6 Å². The Labute approximate surface area is 168 Å². The summed E-state index contributed by atoms with van der Waals surface area (Å²) in [5, 5.41) is 6.63. The Kier molecular flexibility index (Phi) is 6.01. The number of aryl methyl sites for hydroxylation is 1. The number of rotatable bonds is 6. The van der Waals surface area contributed by atoms with Gasteiger partial charge in [-0.25, -0.2) is 0 Å². The SMILES string of the molecule is COc1ccc(Nc2cncc(C(=O)Nc3cc(C)c(Cl)cc3OC)c2)cc1. The van der Waals surface area contributed by atoms with E-state index in [0.717, 1.165) is 17.0 Å². The number of carbonyl (C=O) groups excluding carboxylic acids is 1. The number of benzene rings is 2. The highest BCUT2D eigenvalue weighted by molar-refractivity contribution is 6.31. The summed E-state index contributed by atoms with van der Waals surface area (Å²) in [6.07, 6.45) is 3.15. The molecule has 0 aliphatic rings. The summed E-state index contributed by atoms with van der Waals surface area (Å²) in [4.78, 5) is 16.8. The number of aromatic nitrogens is 1. The first-order valence-electron chi connectivity index (χ1n) is 8.52. The molecule has 3 rings (SSSR count). The Morgan fingerprint density at radius 2 is 1.75 bits per heavy atom. The average Bonchev–Trinajstić information content (AvgIpc) is 2.71. The van der Waals surface area contributed by atoms with Gasteiger partial charge >= 0.3 is 0 Å². The number of amides is 1. The van der Waals surface area contributed by atoms with E-state index >= 15 is 0 Å². The van der Waals surface area contributed by atoms with Crippen LogP contribution in [0, 0.1) is 6.92 Å². The molecule has 0 radical (unpaired) electrons. The smallest absolute Gasteiger partial charge is 0.257 e. The molecule has 0 spiro atoms. The van der Waals surface area contributed by atoms with E-state index in [-0.39, 0.29) is 5.91 Å². The maximum atomic E-state index is 12.7. The molecule has 0 aliphatic heterocycles. The zero-order valence-corrected chi connectivity index (χ0v) is 16.5. The third kappa shape index (κ3) is 4.53. The molecule has 0 saturated carbocycles. The molecule has 0 atom stereocenters. The fourth-order valence-electron chi connectivity index (χ4n) is 2.60. The molecular weight excluding hydrogens is 378 g/mol. The molecule has 7 heteroatoms. The predicted molar refractivity (Wildman–Crippen MR) is 111 cm³/mol. The van der Waals surface area contributed by atoms with Gasteiger partial charge in [0, 0.05) is 23.0 Å². The van der Waals surface area contributed by atoms with Crippen molar-refractivity contribution < 1.29 is 14.3 Å². The van der Waals surface area contributed by atoms with Crippen molar-refractivity contribution in [2.75, 3.05) is 24.9 Å². The van der Waals surface area contributed by atoms with Crippen LogP contribution in [0.3, 0.4) is 0 Å². The maximum Gasteiger partial charge on any atom is 0.257 e. The van der Waals surface area contributed by atoms with Gasteiger partial charge in [-0.1, -0.05) is 11.6 Å². The van der Waals surface area contributed by atoms with Gasteiger partial charge in [0.1, 0.15) is 11.5 Å². The van der Waals surface area contributed by atoms with E-state index in [1.54, 1.807) is 31.5 Å². The Hall–Kier alpha value is -3.25. The zero-order valence-electron chi connectivity index (χ0n) is 15.7. The van der Waals surface area contributed by atoms with Crippen LogP contribution in [0.25, 0.3) is 0 Å². The van der Waals surface area contributed by atoms with Crippen LogP contribution in [0.4, 0.5) is 17.1 Å². The minimum Gasteiger partial charge on any atom is -0.497 e. The molecule has 0 fully saturated rings. The minimum atomic E-state index is -0.300. The normalized spacial score (nSPS) is 10.3. The lowest BCUT2D eigenvalue weighted by Crippen LogP contribution is -2.13. The van der Waals surface area contributed by atoms with Crippen LogP contribution in [-0.2, 0) is 0 Å². The molecule has 1 aromatic heterocycles. The third-order valence-corrected chi connectivity index (χ3v) is 4.52. The maximum absolute atomic E-state index is 12.7. The standard InChI is InChI=1S/C21H20ClN3O3/c1-13-8-19(20(28-3)10-18(13)22)25-21(26)14-9-16(12-23-11-14)24-15-4-6-17(27-2)7-5-15/h4-12,24H,1-3H3,(H,25,26). The Morgan fingerprint density at radius 3 is 2.43 bits per heavy atom. The van der Waals surface area contributed by atoms with E-state index in [4.69, 9.17) is 21.1 Å². The van der Waals surface area contributed by atoms with E-state index in [1.807, 2.05) is 31.2 Å². The Morgan fingerprint density at radius 1 is 1.00 bits per heavy atom. The molecule has 1 amide bonds. The number of pyridine rings is 1. The van der Waals surface area contributed by atoms with E-state index in [9.17, 15) is 4.79 Å². The van der Waals surface area contributed by atoms with Crippen LogP contribution in [0.15, 0.2) is 54.9 Å². The summed E-state index contributed by atoms with van der Waals surface area (Å²) in [5.41, 5.74) is 3.34. The van der Waals surface area contributed by atoms with Crippen molar-refractivity contribution in [1.29, 1.82) is 0 Å². The second-order valence-corrected chi connectivity index (χ2v) is 6.48. The van der Waals surface area contributed by atoms with Gasteiger partial charge in [0.05, 0.1) is 37.4 Å². The van der Waals surface area contributed by atoms with Crippen molar-refractivity contribution in [3.8, 4) is 11.5 Å². The summed E-state index contributed by atoms with van der Waals surface area (Å²) in [6, 6.07) is 12.6. The van der Waals surface area contributed by atoms with Crippen molar-refractivity contribution in [2.24, 2.45) is 0 Å². The van der Waals surface area contributed by atoms with Gasteiger partial charge < -0.3 is 20.1 Å². The highest BCUT2D eigenvalue weighted by Gasteiger charge is 2.13. The molecule has 28 heavy (non-hydrogen) atoms. The predicted octanol–water partition coefficient (Wildman–Crippen LogP) is 5.06. The van der Waals surface area contributed by atoms with Crippen molar-refractivity contribution in [3.05, 3.63) is 71.0 Å². The quantitative estimate of drug-likeness (QED) is 0.608. The second kappa shape index (κ2) is 8.63. The van der Waals surface area contributed by atoms with E-state index in [2.05, 4.69) is 15.6 Å². The number of nitrogens with zero attached hydrogens (tertiary/aromatic N) is 1. The summed E-state index contributed by atoms with van der Waals surface area (Å²) in [5.74, 6) is 0.958. The first kappa shape index (κ1) is 19.5.